The molecule has 3 nitrogen and oxygen atoms in total. The van der Waals surface area contributed by atoms with E-state index in [-0.39, 0.29) is 11.6 Å². The van der Waals surface area contributed by atoms with Crippen molar-refractivity contribution in [1.29, 1.82) is 0 Å². The first-order chi connectivity index (χ1) is 14.5. The van der Waals surface area contributed by atoms with Crippen molar-refractivity contribution < 1.29 is 13.9 Å². The number of hydrogen-bond donors (Lipinski definition) is 0. The van der Waals surface area contributed by atoms with Crippen molar-refractivity contribution in [3.8, 4) is 0 Å². The summed E-state index contributed by atoms with van der Waals surface area (Å²) in [7, 11) is -2.68. The number of benzene rings is 2. The van der Waals surface area contributed by atoms with Crippen LogP contribution in [0.5, 0.6) is 0 Å². The van der Waals surface area contributed by atoms with Crippen LogP contribution in [0.1, 0.15) is 54.2 Å². The molecule has 0 spiro atoms. The standard InChI is InChI=1S/C27H38O3Si/c1-16-10-18(3)25(19(4)11-16)31(26-20(5)12-17(2)13-21(26)6)23-15-28-27(8,9)30-24(23)22(7)14-29-31/h10-13,22-24H,14-15H2,1-9H3/t22-,23-,24+/m1/s1. The van der Waals surface area contributed by atoms with Gasteiger partial charge in [-0.3, -0.25) is 0 Å². The van der Waals surface area contributed by atoms with Crippen LogP contribution in [-0.2, 0) is 13.9 Å². The fraction of sp³-hybridized carbons (Fsp3) is 0.556. The summed E-state index contributed by atoms with van der Waals surface area (Å²) in [6.07, 6.45) is 0.129. The van der Waals surface area contributed by atoms with E-state index in [1.165, 1.54) is 43.8 Å². The molecule has 2 aliphatic rings. The Balaban J connectivity index is 2.05. The van der Waals surface area contributed by atoms with Crippen LogP contribution in [0.25, 0.3) is 0 Å². The molecule has 31 heavy (non-hydrogen) atoms. The van der Waals surface area contributed by atoms with Crippen molar-refractivity contribution in [2.75, 3.05) is 13.2 Å². The average molecular weight is 439 g/mol. The highest BCUT2D eigenvalue weighted by molar-refractivity contribution is 7.00. The number of ether oxygens (including phenoxy) is 2. The zero-order valence-corrected chi connectivity index (χ0v) is 21.7. The van der Waals surface area contributed by atoms with E-state index in [2.05, 4.69) is 72.7 Å². The van der Waals surface area contributed by atoms with E-state index in [1.54, 1.807) is 0 Å². The first-order valence-electron chi connectivity index (χ1n) is 11.6. The zero-order chi connectivity index (χ0) is 22.7. The molecular weight excluding hydrogens is 400 g/mol. The van der Waals surface area contributed by atoms with E-state index in [1.807, 2.05) is 13.8 Å². The third-order valence-corrected chi connectivity index (χ3v) is 12.4. The van der Waals surface area contributed by atoms with Gasteiger partial charge >= 0.3 is 0 Å². The van der Waals surface area contributed by atoms with E-state index in [9.17, 15) is 0 Å². The van der Waals surface area contributed by atoms with Gasteiger partial charge in [0.15, 0.2) is 5.79 Å². The smallest absolute Gasteiger partial charge is 0.264 e. The fourth-order valence-corrected chi connectivity index (χ4v) is 12.2. The fourth-order valence-electron chi connectivity index (χ4n) is 6.33. The Labute approximate surface area is 189 Å². The summed E-state index contributed by atoms with van der Waals surface area (Å²) >= 11 is 0. The highest BCUT2D eigenvalue weighted by Gasteiger charge is 2.60. The summed E-state index contributed by atoms with van der Waals surface area (Å²) in [4.78, 5) is 0. The third kappa shape index (κ3) is 3.72. The lowest BCUT2D eigenvalue weighted by Gasteiger charge is -2.55. The number of hydrogen-bond acceptors (Lipinski definition) is 3. The molecule has 2 aliphatic heterocycles. The molecule has 2 heterocycles. The third-order valence-electron chi connectivity index (χ3n) is 7.18. The Bertz CT molecular complexity index is 906. The van der Waals surface area contributed by atoms with Crippen molar-refractivity contribution in [3.63, 3.8) is 0 Å². The van der Waals surface area contributed by atoms with Crippen LogP contribution < -0.4 is 10.4 Å². The predicted octanol–water partition coefficient (Wildman–Crippen LogP) is 4.78. The van der Waals surface area contributed by atoms with E-state index >= 15 is 0 Å². The quantitative estimate of drug-likeness (QED) is 0.631. The Kier molecular flexibility index (Phi) is 5.75. The van der Waals surface area contributed by atoms with E-state index < -0.39 is 14.1 Å². The molecule has 0 unspecified atom stereocenters. The molecule has 168 valence electrons. The Morgan fingerprint density at radius 3 is 1.68 bits per heavy atom. The first kappa shape index (κ1) is 22.7. The zero-order valence-electron chi connectivity index (χ0n) is 20.7. The Hall–Kier alpha value is -1.46. The van der Waals surface area contributed by atoms with Gasteiger partial charge in [0.1, 0.15) is 0 Å². The maximum absolute atomic E-state index is 7.17. The van der Waals surface area contributed by atoms with E-state index in [4.69, 9.17) is 13.9 Å². The van der Waals surface area contributed by atoms with Crippen LogP contribution in [0.15, 0.2) is 24.3 Å². The van der Waals surface area contributed by atoms with Crippen molar-refractivity contribution in [1.82, 2.24) is 0 Å². The lowest BCUT2D eigenvalue weighted by Crippen LogP contribution is -2.74. The number of fused-ring (bicyclic) bond motifs is 1. The van der Waals surface area contributed by atoms with Gasteiger partial charge in [-0.05, 0) is 88.0 Å². The van der Waals surface area contributed by atoms with Gasteiger partial charge in [0.25, 0.3) is 8.32 Å². The Morgan fingerprint density at radius 2 is 1.23 bits per heavy atom. The molecule has 0 aliphatic carbocycles. The molecule has 0 saturated carbocycles. The van der Waals surface area contributed by atoms with Gasteiger partial charge in [-0.25, -0.2) is 0 Å². The van der Waals surface area contributed by atoms with Crippen LogP contribution in [0.2, 0.25) is 5.54 Å². The Morgan fingerprint density at radius 1 is 0.774 bits per heavy atom. The molecule has 2 fully saturated rings. The lowest BCUT2D eigenvalue weighted by molar-refractivity contribution is -0.287. The number of rotatable bonds is 2. The highest BCUT2D eigenvalue weighted by atomic mass is 28.4. The molecular formula is C27H38O3Si. The van der Waals surface area contributed by atoms with Crippen LogP contribution >= 0.6 is 0 Å². The maximum Gasteiger partial charge on any atom is 0.264 e. The van der Waals surface area contributed by atoms with Gasteiger partial charge < -0.3 is 13.9 Å². The van der Waals surface area contributed by atoms with Gasteiger partial charge in [-0.1, -0.05) is 42.3 Å². The normalized spacial score (nSPS) is 27.1. The predicted molar refractivity (Wildman–Crippen MR) is 130 cm³/mol. The molecule has 3 atom stereocenters. The molecule has 4 rings (SSSR count). The minimum atomic E-state index is -2.68. The summed E-state index contributed by atoms with van der Waals surface area (Å²) in [5.41, 5.74) is 8.16. The summed E-state index contributed by atoms with van der Waals surface area (Å²) in [6, 6.07) is 9.28. The number of aryl methyl sites for hydroxylation is 6. The topological polar surface area (TPSA) is 27.7 Å². The molecule has 4 heteroatoms. The van der Waals surface area contributed by atoms with Crippen LogP contribution in [-0.4, -0.2) is 33.4 Å². The van der Waals surface area contributed by atoms with Gasteiger partial charge in [0.2, 0.25) is 0 Å². The van der Waals surface area contributed by atoms with Gasteiger partial charge in [0, 0.05) is 18.1 Å². The van der Waals surface area contributed by atoms with Crippen LogP contribution in [0.4, 0.5) is 0 Å². The van der Waals surface area contributed by atoms with Crippen LogP contribution in [0, 0.1) is 47.5 Å². The summed E-state index contributed by atoms with van der Waals surface area (Å²) in [5.74, 6) is -0.215. The molecule has 2 aromatic carbocycles. The maximum atomic E-state index is 7.17. The minimum Gasteiger partial charge on any atom is -0.407 e. The van der Waals surface area contributed by atoms with Crippen molar-refractivity contribution >= 4 is 18.7 Å². The molecule has 0 amide bonds. The molecule has 2 saturated heterocycles. The summed E-state index contributed by atoms with van der Waals surface area (Å²) < 4.78 is 20.1. The largest absolute Gasteiger partial charge is 0.407 e. The lowest BCUT2D eigenvalue weighted by atomic mass is 10.0. The van der Waals surface area contributed by atoms with E-state index in [0.717, 1.165) is 6.61 Å². The monoisotopic (exact) mass is 438 g/mol. The SMILES string of the molecule is Cc1cc(C)c([Si]2(c3c(C)cc(C)cc3C)OC[C@@H](C)[C@@H]3OC(C)(C)OC[C@H]32)c(C)c1. The molecule has 0 N–H and O–H groups in total. The second-order valence-corrected chi connectivity index (χ2v) is 14.0. The van der Waals surface area contributed by atoms with Crippen LogP contribution in [0.3, 0.4) is 0 Å². The second-order valence-electron chi connectivity index (χ2n) is 10.5. The van der Waals surface area contributed by atoms with Crippen molar-refractivity contribution in [3.05, 3.63) is 57.6 Å². The van der Waals surface area contributed by atoms with Gasteiger partial charge in [0.05, 0.1) is 12.7 Å². The van der Waals surface area contributed by atoms with Crippen molar-refractivity contribution in [2.24, 2.45) is 5.92 Å². The molecule has 0 bridgehead atoms. The first-order valence-corrected chi connectivity index (χ1v) is 13.6. The van der Waals surface area contributed by atoms with Crippen molar-refractivity contribution in [2.45, 2.75) is 79.7 Å². The molecule has 2 aromatic rings. The average Bonchev–Trinajstić information content (AvgIpc) is 2.62. The highest BCUT2D eigenvalue weighted by Crippen LogP contribution is 2.44. The van der Waals surface area contributed by atoms with Gasteiger partial charge in [-0.15, -0.1) is 0 Å². The summed E-state index contributed by atoms with van der Waals surface area (Å²) in [6.45, 7) is 21.1. The van der Waals surface area contributed by atoms with Gasteiger partial charge in [-0.2, -0.15) is 0 Å². The minimum absolute atomic E-state index is 0.129. The second kappa shape index (κ2) is 7.84. The summed E-state index contributed by atoms with van der Waals surface area (Å²) in [5, 5.41) is 2.84. The van der Waals surface area contributed by atoms with E-state index in [0.29, 0.717) is 12.5 Å². The molecule has 0 radical (unpaired) electrons. The molecule has 0 aromatic heterocycles.